The highest BCUT2D eigenvalue weighted by Gasteiger charge is 2.45. The summed E-state index contributed by atoms with van der Waals surface area (Å²) < 4.78 is 11.6. The van der Waals surface area contributed by atoms with Crippen LogP contribution in [0, 0.1) is 11.8 Å². The minimum Gasteiger partial charge on any atom is -0.378 e. The molecule has 98 valence electrons. The van der Waals surface area contributed by atoms with Crippen LogP contribution in [0.3, 0.4) is 0 Å². The fraction of sp³-hybridized carbons (Fsp3) is 1.00. The van der Waals surface area contributed by atoms with Gasteiger partial charge in [0.15, 0.2) is 0 Å². The van der Waals surface area contributed by atoms with Crippen LogP contribution in [-0.4, -0.2) is 38.0 Å². The van der Waals surface area contributed by atoms with Crippen molar-refractivity contribution in [2.75, 3.05) is 26.4 Å². The van der Waals surface area contributed by atoms with Crippen LogP contribution in [0.25, 0.3) is 0 Å². The monoisotopic (exact) mass is 239 g/mol. The van der Waals surface area contributed by atoms with E-state index >= 15 is 0 Å². The Balaban J connectivity index is 1.65. The maximum absolute atomic E-state index is 6.03. The number of rotatable bonds is 4. The van der Waals surface area contributed by atoms with E-state index in [1.165, 1.54) is 25.7 Å². The zero-order valence-corrected chi connectivity index (χ0v) is 10.9. The van der Waals surface area contributed by atoms with E-state index in [-0.39, 0.29) is 5.60 Å². The molecule has 1 saturated carbocycles. The molecule has 3 aliphatic rings. The fourth-order valence-electron chi connectivity index (χ4n) is 3.64. The van der Waals surface area contributed by atoms with E-state index in [4.69, 9.17) is 9.47 Å². The molecule has 0 bridgehead atoms. The van der Waals surface area contributed by atoms with Crippen LogP contribution >= 0.6 is 0 Å². The average molecular weight is 239 g/mol. The molecule has 2 heterocycles. The molecule has 1 spiro atoms. The van der Waals surface area contributed by atoms with Gasteiger partial charge in [-0.3, -0.25) is 0 Å². The number of hydrogen-bond donors (Lipinski definition) is 1. The Hall–Kier alpha value is -0.120. The van der Waals surface area contributed by atoms with Gasteiger partial charge in [0.25, 0.3) is 0 Å². The molecule has 0 aromatic carbocycles. The summed E-state index contributed by atoms with van der Waals surface area (Å²) in [4.78, 5) is 0. The molecule has 3 fully saturated rings. The van der Waals surface area contributed by atoms with Gasteiger partial charge in [0, 0.05) is 25.7 Å². The Morgan fingerprint density at radius 2 is 2.12 bits per heavy atom. The van der Waals surface area contributed by atoms with Gasteiger partial charge in [0.1, 0.15) is 0 Å². The normalized spacial score (nSPS) is 39.7. The molecule has 3 unspecified atom stereocenters. The highest BCUT2D eigenvalue weighted by atomic mass is 16.6. The second-order valence-electron chi connectivity index (χ2n) is 6.01. The van der Waals surface area contributed by atoms with Crippen LogP contribution < -0.4 is 5.32 Å². The molecule has 3 atom stereocenters. The molecule has 1 aliphatic carbocycles. The molecule has 0 aromatic heterocycles. The first kappa shape index (κ1) is 11.9. The summed E-state index contributed by atoms with van der Waals surface area (Å²) in [5, 5.41) is 3.72. The largest absolute Gasteiger partial charge is 0.378 e. The summed E-state index contributed by atoms with van der Waals surface area (Å²) in [5.74, 6) is 1.75. The minimum atomic E-state index is 0.0749. The lowest BCUT2D eigenvalue weighted by atomic mass is 9.79. The van der Waals surface area contributed by atoms with E-state index in [0.29, 0.717) is 0 Å². The summed E-state index contributed by atoms with van der Waals surface area (Å²) in [6.45, 7) is 5.98. The van der Waals surface area contributed by atoms with Crippen molar-refractivity contribution < 1.29 is 9.47 Å². The van der Waals surface area contributed by atoms with Gasteiger partial charge < -0.3 is 14.8 Å². The first-order chi connectivity index (χ1) is 8.33. The van der Waals surface area contributed by atoms with Gasteiger partial charge >= 0.3 is 0 Å². The predicted molar refractivity (Wildman–Crippen MR) is 67.0 cm³/mol. The zero-order chi connectivity index (χ0) is 11.7. The molecule has 1 N–H and O–H groups in total. The van der Waals surface area contributed by atoms with Crippen LogP contribution in [0.1, 0.15) is 39.0 Å². The third-order valence-corrected chi connectivity index (χ3v) is 4.68. The van der Waals surface area contributed by atoms with Crippen molar-refractivity contribution in [3.63, 3.8) is 0 Å². The second-order valence-corrected chi connectivity index (χ2v) is 6.01. The van der Waals surface area contributed by atoms with Gasteiger partial charge in [-0.1, -0.05) is 6.92 Å². The van der Waals surface area contributed by atoms with E-state index in [1.807, 2.05) is 0 Å². The summed E-state index contributed by atoms with van der Waals surface area (Å²) in [5.41, 5.74) is 0.0749. The van der Waals surface area contributed by atoms with E-state index in [1.54, 1.807) is 0 Å². The standard InChI is InChI=1S/C14H25NO2/c1-2-15-13(11-3-4-11)12-5-7-17-14(9-12)6-8-16-10-14/h11-13,15H,2-10H2,1H3. The number of nitrogens with one attached hydrogen (secondary N) is 1. The first-order valence-corrected chi connectivity index (χ1v) is 7.28. The van der Waals surface area contributed by atoms with Crippen molar-refractivity contribution in [2.45, 2.75) is 50.7 Å². The Labute approximate surface area is 104 Å². The Bertz CT molecular complexity index is 259. The smallest absolute Gasteiger partial charge is 0.0939 e. The lowest BCUT2D eigenvalue weighted by molar-refractivity contribution is -0.104. The maximum atomic E-state index is 6.03. The second kappa shape index (κ2) is 4.87. The molecule has 0 aromatic rings. The quantitative estimate of drug-likeness (QED) is 0.813. The molecule has 0 radical (unpaired) electrons. The fourth-order valence-corrected chi connectivity index (χ4v) is 3.64. The van der Waals surface area contributed by atoms with E-state index < -0.39 is 0 Å². The Morgan fingerprint density at radius 3 is 2.76 bits per heavy atom. The van der Waals surface area contributed by atoms with Crippen LogP contribution in [-0.2, 0) is 9.47 Å². The van der Waals surface area contributed by atoms with Crippen LogP contribution in [0.5, 0.6) is 0 Å². The number of ether oxygens (including phenoxy) is 2. The predicted octanol–water partition coefficient (Wildman–Crippen LogP) is 1.96. The third-order valence-electron chi connectivity index (χ3n) is 4.68. The molecular weight excluding hydrogens is 214 g/mol. The van der Waals surface area contributed by atoms with Crippen molar-refractivity contribution in [3.05, 3.63) is 0 Å². The average Bonchev–Trinajstić information content (AvgIpc) is 3.09. The summed E-state index contributed by atoms with van der Waals surface area (Å²) in [6, 6.07) is 0.737. The molecule has 2 saturated heterocycles. The summed E-state index contributed by atoms with van der Waals surface area (Å²) in [7, 11) is 0. The van der Waals surface area contributed by atoms with E-state index in [2.05, 4.69) is 12.2 Å². The van der Waals surface area contributed by atoms with Gasteiger partial charge in [-0.25, -0.2) is 0 Å². The first-order valence-electron chi connectivity index (χ1n) is 7.28. The molecular formula is C14H25NO2. The van der Waals surface area contributed by atoms with Gasteiger partial charge in [0.2, 0.25) is 0 Å². The summed E-state index contributed by atoms with van der Waals surface area (Å²) >= 11 is 0. The van der Waals surface area contributed by atoms with Gasteiger partial charge in [-0.05, 0) is 44.1 Å². The lowest BCUT2D eigenvalue weighted by Gasteiger charge is -2.40. The molecule has 0 amide bonds. The van der Waals surface area contributed by atoms with Crippen molar-refractivity contribution in [1.82, 2.24) is 5.32 Å². The van der Waals surface area contributed by atoms with Crippen LogP contribution in [0.4, 0.5) is 0 Å². The Morgan fingerprint density at radius 1 is 1.24 bits per heavy atom. The lowest BCUT2D eigenvalue weighted by Crippen LogP contribution is -2.48. The van der Waals surface area contributed by atoms with E-state index in [0.717, 1.165) is 50.7 Å². The van der Waals surface area contributed by atoms with Gasteiger partial charge in [0.05, 0.1) is 12.2 Å². The van der Waals surface area contributed by atoms with Crippen LogP contribution in [0.15, 0.2) is 0 Å². The minimum absolute atomic E-state index is 0.0749. The third kappa shape index (κ3) is 2.51. The Kier molecular flexibility index (Phi) is 3.42. The maximum Gasteiger partial charge on any atom is 0.0939 e. The topological polar surface area (TPSA) is 30.5 Å². The highest BCUT2D eigenvalue weighted by Crippen LogP contribution is 2.43. The van der Waals surface area contributed by atoms with Crippen LogP contribution in [0.2, 0.25) is 0 Å². The molecule has 3 heteroatoms. The molecule has 3 nitrogen and oxygen atoms in total. The molecule has 17 heavy (non-hydrogen) atoms. The van der Waals surface area contributed by atoms with Gasteiger partial charge in [-0.2, -0.15) is 0 Å². The molecule has 2 aliphatic heterocycles. The molecule has 3 rings (SSSR count). The SMILES string of the molecule is CCNC(C1CC1)C1CCOC2(CCOC2)C1. The van der Waals surface area contributed by atoms with Crippen molar-refractivity contribution >= 4 is 0 Å². The van der Waals surface area contributed by atoms with Gasteiger partial charge in [-0.15, -0.1) is 0 Å². The highest BCUT2D eigenvalue weighted by molar-refractivity contribution is 4.98. The van der Waals surface area contributed by atoms with Crippen molar-refractivity contribution in [2.24, 2.45) is 11.8 Å². The van der Waals surface area contributed by atoms with Crippen molar-refractivity contribution in [3.8, 4) is 0 Å². The zero-order valence-electron chi connectivity index (χ0n) is 10.9. The number of hydrogen-bond acceptors (Lipinski definition) is 3. The summed E-state index contributed by atoms with van der Waals surface area (Å²) in [6.07, 6.45) is 6.40. The van der Waals surface area contributed by atoms with E-state index in [9.17, 15) is 0 Å². The van der Waals surface area contributed by atoms with Crippen molar-refractivity contribution in [1.29, 1.82) is 0 Å².